The Hall–Kier alpha value is -0.870. The summed E-state index contributed by atoms with van der Waals surface area (Å²) in [5.41, 5.74) is 6.88. The quantitative estimate of drug-likeness (QED) is 0.761. The summed E-state index contributed by atoms with van der Waals surface area (Å²) < 4.78 is 11.0. The minimum atomic E-state index is 0.00796. The summed E-state index contributed by atoms with van der Waals surface area (Å²) >= 11 is 1.86. The van der Waals surface area contributed by atoms with E-state index >= 15 is 0 Å². The first-order chi connectivity index (χ1) is 8.19. The van der Waals surface area contributed by atoms with E-state index in [1.54, 1.807) is 7.11 Å². The minimum absolute atomic E-state index is 0.00796. The van der Waals surface area contributed by atoms with Crippen LogP contribution in [0.15, 0.2) is 18.2 Å². The smallest absolute Gasteiger partial charge is 0.161 e. The zero-order valence-corrected chi connectivity index (χ0v) is 11.5. The summed E-state index contributed by atoms with van der Waals surface area (Å²) in [6, 6.07) is 5.85. The van der Waals surface area contributed by atoms with Gasteiger partial charge in [0.25, 0.3) is 0 Å². The average Bonchev–Trinajstić information content (AvgIpc) is 2.34. The van der Waals surface area contributed by atoms with Crippen molar-refractivity contribution in [2.45, 2.75) is 19.9 Å². The van der Waals surface area contributed by atoms with Gasteiger partial charge in [0.2, 0.25) is 0 Å². The average molecular weight is 255 g/mol. The van der Waals surface area contributed by atoms with Crippen LogP contribution in [-0.2, 0) is 0 Å². The summed E-state index contributed by atoms with van der Waals surface area (Å²) in [6.45, 7) is 4.79. The van der Waals surface area contributed by atoms with Gasteiger partial charge in [-0.2, -0.15) is 11.8 Å². The second kappa shape index (κ2) is 7.45. The van der Waals surface area contributed by atoms with Gasteiger partial charge in [-0.1, -0.05) is 13.0 Å². The Kier molecular flexibility index (Phi) is 6.22. The maximum atomic E-state index is 5.83. The number of methoxy groups -OCH3 is 1. The number of hydrogen-bond acceptors (Lipinski definition) is 4. The normalized spacial score (nSPS) is 12.2. The van der Waals surface area contributed by atoms with Gasteiger partial charge >= 0.3 is 0 Å². The molecule has 0 aliphatic carbocycles. The lowest BCUT2D eigenvalue weighted by atomic mass is 10.1. The second-order valence-corrected chi connectivity index (χ2v) is 5.14. The van der Waals surface area contributed by atoms with Crippen LogP contribution < -0.4 is 15.2 Å². The van der Waals surface area contributed by atoms with Gasteiger partial charge in [0, 0.05) is 11.8 Å². The highest BCUT2D eigenvalue weighted by molar-refractivity contribution is 7.99. The molecule has 1 atom stereocenters. The molecule has 0 amide bonds. The largest absolute Gasteiger partial charge is 0.493 e. The molecule has 1 aromatic carbocycles. The molecule has 1 aromatic rings. The monoisotopic (exact) mass is 255 g/mol. The van der Waals surface area contributed by atoms with Gasteiger partial charge in [0.15, 0.2) is 11.5 Å². The molecule has 2 N–H and O–H groups in total. The van der Waals surface area contributed by atoms with Crippen molar-refractivity contribution < 1.29 is 9.47 Å². The van der Waals surface area contributed by atoms with Gasteiger partial charge in [-0.05, 0) is 30.4 Å². The van der Waals surface area contributed by atoms with Crippen LogP contribution in [-0.4, -0.2) is 25.2 Å². The zero-order valence-electron chi connectivity index (χ0n) is 10.7. The Bertz CT molecular complexity index is 342. The fourth-order valence-electron chi connectivity index (χ4n) is 1.44. The van der Waals surface area contributed by atoms with Crippen LogP contribution in [0.2, 0.25) is 0 Å². The lowest BCUT2D eigenvalue weighted by Gasteiger charge is -2.13. The summed E-state index contributed by atoms with van der Waals surface area (Å²) in [5.74, 6) is 3.65. The van der Waals surface area contributed by atoms with Crippen LogP contribution in [0.25, 0.3) is 0 Å². The standard InChI is InChI=1S/C13H21NO2S/c1-4-17-8-7-16-12-6-5-11(10(2)14)9-13(12)15-3/h5-6,9-10H,4,7-8,14H2,1-3H3/t10-/m0/s1. The molecular weight excluding hydrogens is 234 g/mol. The molecule has 1 rings (SSSR count). The Morgan fingerprint density at radius 3 is 2.71 bits per heavy atom. The molecule has 0 aliphatic heterocycles. The molecule has 0 bridgehead atoms. The fraction of sp³-hybridized carbons (Fsp3) is 0.538. The van der Waals surface area contributed by atoms with Crippen molar-refractivity contribution in [2.24, 2.45) is 5.73 Å². The molecule has 0 aliphatic rings. The van der Waals surface area contributed by atoms with Gasteiger partial charge in [0.1, 0.15) is 0 Å². The summed E-state index contributed by atoms with van der Waals surface area (Å²) in [5, 5.41) is 0. The first kappa shape index (κ1) is 14.2. The molecule has 0 aromatic heterocycles. The Labute approximate surface area is 108 Å². The van der Waals surface area contributed by atoms with E-state index in [-0.39, 0.29) is 6.04 Å². The van der Waals surface area contributed by atoms with E-state index in [0.29, 0.717) is 6.61 Å². The Morgan fingerprint density at radius 2 is 2.12 bits per heavy atom. The maximum absolute atomic E-state index is 5.83. The molecule has 17 heavy (non-hydrogen) atoms. The van der Waals surface area contributed by atoms with Crippen LogP contribution in [0.3, 0.4) is 0 Å². The van der Waals surface area contributed by atoms with E-state index in [9.17, 15) is 0 Å². The van der Waals surface area contributed by atoms with Crippen LogP contribution in [0.5, 0.6) is 11.5 Å². The number of hydrogen-bond donors (Lipinski definition) is 1. The predicted octanol–water partition coefficient (Wildman–Crippen LogP) is 2.85. The molecule has 0 spiro atoms. The number of benzene rings is 1. The van der Waals surface area contributed by atoms with Gasteiger partial charge < -0.3 is 15.2 Å². The molecule has 0 radical (unpaired) electrons. The third-order valence-electron chi connectivity index (χ3n) is 2.40. The van der Waals surface area contributed by atoms with Gasteiger partial charge in [-0.25, -0.2) is 0 Å². The molecule has 0 unspecified atom stereocenters. The molecule has 3 nitrogen and oxygen atoms in total. The van der Waals surface area contributed by atoms with E-state index in [4.69, 9.17) is 15.2 Å². The number of ether oxygens (including phenoxy) is 2. The van der Waals surface area contributed by atoms with Crippen molar-refractivity contribution >= 4 is 11.8 Å². The molecular formula is C13H21NO2S. The molecule has 0 saturated carbocycles. The van der Waals surface area contributed by atoms with Gasteiger partial charge in [-0.3, -0.25) is 0 Å². The minimum Gasteiger partial charge on any atom is -0.493 e. The predicted molar refractivity (Wildman–Crippen MR) is 74.1 cm³/mol. The Balaban J connectivity index is 2.65. The van der Waals surface area contributed by atoms with Gasteiger partial charge in [-0.15, -0.1) is 0 Å². The highest BCUT2D eigenvalue weighted by Crippen LogP contribution is 2.29. The molecule has 4 heteroatoms. The zero-order chi connectivity index (χ0) is 12.7. The highest BCUT2D eigenvalue weighted by atomic mass is 32.2. The molecule has 96 valence electrons. The maximum Gasteiger partial charge on any atom is 0.161 e. The van der Waals surface area contributed by atoms with Crippen LogP contribution in [0, 0.1) is 0 Å². The fourth-order valence-corrected chi connectivity index (χ4v) is 1.93. The first-order valence-corrected chi connectivity index (χ1v) is 6.98. The first-order valence-electron chi connectivity index (χ1n) is 5.83. The second-order valence-electron chi connectivity index (χ2n) is 3.74. The van der Waals surface area contributed by atoms with Crippen LogP contribution in [0.1, 0.15) is 25.5 Å². The van der Waals surface area contributed by atoms with Crippen LogP contribution in [0.4, 0.5) is 0 Å². The highest BCUT2D eigenvalue weighted by Gasteiger charge is 2.07. The number of thioether (sulfide) groups is 1. The Morgan fingerprint density at radius 1 is 1.35 bits per heavy atom. The summed E-state index contributed by atoms with van der Waals surface area (Å²) in [7, 11) is 1.65. The van der Waals surface area contributed by atoms with E-state index in [1.807, 2.05) is 36.9 Å². The lowest BCUT2D eigenvalue weighted by molar-refractivity contribution is 0.313. The molecule has 0 fully saturated rings. The van der Waals surface area contributed by atoms with Crippen molar-refractivity contribution in [3.8, 4) is 11.5 Å². The summed E-state index contributed by atoms with van der Waals surface area (Å²) in [4.78, 5) is 0. The topological polar surface area (TPSA) is 44.5 Å². The van der Waals surface area contributed by atoms with Crippen molar-refractivity contribution in [1.82, 2.24) is 0 Å². The molecule has 0 saturated heterocycles. The van der Waals surface area contributed by atoms with E-state index in [2.05, 4.69) is 6.92 Å². The van der Waals surface area contributed by atoms with Crippen molar-refractivity contribution in [2.75, 3.05) is 25.2 Å². The van der Waals surface area contributed by atoms with Crippen molar-refractivity contribution in [3.63, 3.8) is 0 Å². The molecule has 0 heterocycles. The lowest BCUT2D eigenvalue weighted by Crippen LogP contribution is -2.06. The van der Waals surface area contributed by atoms with Crippen LogP contribution >= 0.6 is 11.8 Å². The SMILES string of the molecule is CCSCCOc1ccc([C@H](C)N)cc1OC. The van der Waals surface area contributed by atoms with E-state index in [0.717, 1.165) is 28.6 Å². The van der Waals surface area contributed by atoms with E-state index in [1.165, 1.54) is 0 Å². The third kappa shape index (κ3) is 4.48. The van der Waals surface area contributed by atoms with E-state index < -0.39 is 0 Å². The third-order valence-corrected chi connectivity index (χ3v) is 3.27. The van der Waals surface area contributed by atoms with Crippen molar-refractivity contribution in [3.05, 3.63) is 23.8 Å². The van der Waals surface area contributed by atoms with Gasteiger partial charge in [0.05, 0.1) is 13.7 Å². The van der Waals surface area contributed by atoms with Crippen molar-refractivity contribution in [1.29, 1.82) is 0 Å². The number of rotatable bonds is 7. The number of nitrogens with two attached hydrogens (primary N) is 1. The summed E-state index contributed by atoms with van der Waals surface area (Å²) in [6.07, 6.45) is 0.